The summed E-state index contributed by atoms with van der Waals surface area (Å²) in [7, 11) is 0. The third-order valence-electron chi connectivity index (χ3n) is 3.26. The van der Waals surface area contributed by atoms with Crippen molar-refractivity contribution in [2.45, 2.75) is 25.9 Å². The van der Waals surface area contributed by atoms with Crippen molar-refractivity contribution in [3.8, 4) is 11.5 Å². The molecule has 2 rings (SSSR count). The number of rotatable bonds is 6. The van der Waals surface area contributed by atoms with Crippen LogP contribution in [0.1, 0.15) is 19.8 Å². The maximum absolute atomic E-state index is 11.2. The molecule has 0 spiro atoms. The highest BCUT2D eigenvalue weighted by atomic mass is 16.6. The highest BCUT2D eigenvalue weighted by Crippen LogP contribution is 2.39. The first-order chi connectivity index (χ1) is 9.15. The van der Waals surface area contributed by atoms with E-state index in [1.165, 1.54) is 0 Å². The Kier molecular flexibility index (Phi) is 4.21. The van der Waals surface area contributed by atoms with E-state index in [-0.39, 0.29) is 23.3 Å². The molecule has 0 radical (unpaired) electrons. The summed E-state index contributed by atoms with van der Waals surface area (Å²) in [5.41, 5.74) is 5.45. The number of nitro groups is 1. The normalized spacial score (nSPS) is 21.6. The summed E-state index contributed by atoms with van der Waals surface area (Å²) in [6.45, 7) is 2.80. The Bertz CT molecular complexity index is 458. The Balaban J connectivity index is 2.15. The number of ether oxygens (including phenoxy) is 2. The van der Waals surface area contributed by atoms with Crippen LogP contribution in [0.25, 0.3) is 0 Å². The highest BCUT2D eigenvalue weighted by molar-refractivity contribution is 5.57. The minimum Gasteiger partial charge on any atom is -0.487 e. The summed E-state index contributed by atoms with van der Waals surface area (Å²) in [5.74, 6) is 0.996. The number of nitrogens with zero attached hydrogens (tertiary/aromatic N) is 1. The highest BCUT2D eigenvalue weighted by Gasteiger charge is 2.32. The maximum Gasteiger partial charge on any atom is 0.352 e. The van der Waals surface area contributed by atoms with Gasteiger partial charge in [0.05, 0.1) is 17.6 Å². The van der Waals surface area contributed by atoms with Crippen molar-refractivity contribution in [2.75, 3.05) is 13.2 Å². The van der Waals surface area contributed by atoms with Gasteiger partial charge in [-0.3, -0.25) is 10.1 Å². The van der Waals surface area contributed by atoms with Crippen LogP contribution in [0.15, 0.2) is 18.2 Å². The summed E-state index contributed by atoms with van der Waals surface area (Å²) < 4.78 is 11.0. The Morgan fingerprint density at radius 2 is 2.11 bits per heavy atom. The van der Waals surface area contributed by atoms with E-state index >= 15 is 0 Å². The van der Waals surface area contributed by atoms with Crippen molar-refractivity contribution in [1.29, 1.82) is 0 Å². The molecule has 0 bridgehead atoms. The van der Waals surface area contributed by atoms with Gasteiger partial charge in [0.15, 0.2) is 0 Å². The van der Waals surface area contributed by atoms with Crippen LogP contribution in [0.2, 0.25) is 0 Å². The molecule has 0 aliphatic heterocycles. The Hall–Kier alpha value is -1.82. The lowest BCUT2D eigenvalue weighted by Crippen LogP contribution is -2.37. The molecule has 0 heterocycles. The molecule has 1 aliphatic rings. The number of hydrogen-bond donors (Lipinski definition) is 1. The average Bonchev–Trinajstić information content (AvgIpc) is 2.33. The molecule has 1 saturated carbocycles. The van der Waals surface area contributed by atoms with Gasteiger partial charge in [0.1, 0.15) is 0 Å². The van der Waals surface area contributed by atoms with Crippen LogP contribution in [0.4, 0.5) is 5.69 Å². The Labute approximate surface area is 111 Å². The van der Waals surface area contributed by atoms with E-state index in [4.69, 9.17) is 15.2 Å². The zero-order chi connectivity index (χ0) is 13.8. The van der Waals surface area contributed by atoms with E-state index < -0.39 is 4.92 Å². The van der Waals surface area contributed by atoms with Crippen LogP contribution < -0.4 is 15.2 Å². The first kappa shape index (κ1) is 13.6. The summed E-state index contributed by atoms with van der Waals surface area (Å²) in [5, 5.41) is 11.2. The van der Waals surface area contributed by atoms with E-state index in [1.807, 2.05) is 0 Å². The van der Waals surface area contributed by atoms with Gasteiger partial charge in [-0.05, 0) is 44.4 Å². The van der Waals surface area contributed by atoms with E-state index in [0.29, 0.717) is 19.1 Å². The lowest BCUT2D eigenvalue weighted by molar-refractivity contribution is -0.387. The molecule has 0 amide bonds. The third-order valence-corrected chi connectivity index (χ3v) is 3.26. The molecule has 0 atom stereocenters. The second-order valence-corrected chi connectivity index (χ2v) is 4.61. The number of nitrogens with two attached hydrogens (primary N) is 1. The number of benzene rings is 1. The molecule has 1 aliphatic carbocycles. The van der Waals surface area contributed by atoms with Crippen LogP contribution in [-0.4, -0.2) is 24.2 Å². The van der Waals surface area contributed by atoms with E-state index in [9.17, 15) is 10.1 Å². The Morgan fingerprint density at radius 3 is 2.68 bits per heavy atom. The quantitative estimate of drug-likeness (QED) is 0.629. The number of nitro benzene ring substituents is 1. The minimum absolute atomic E-state index is 0.0177. The van der Waals surface area contributed by atoms with Gasteiger partial charge in [-0.25, -0.2) is 0 Å². The van der Waals surface area contributed by atoms with Gasteiger partial charge in [-0.2, -0.15) is 0 Å². The molecule has 104 valence electrons. The van der Waals surface area contributed by atoms with E-state index in [0.717, 1.165) is 12.8 Å². The first-order valence-corrected chi connectivity index (χ1v) is 6.42. The lowest BCUT2D eigenvalue weighted by Gasteiger charge is -2.34. The molecular weight excluding hydrogens is 248 g/mol. The van der Waals surface area contributed by atoms with Crippen molar-refractivity contribution in [2.24, 2.45) is 11.7 Å². The zero-order valence-electron chi connectivity index (χ0n) is 10.9. The smallest absolute Gasteiger partial charge is 0.352 e. The van der Waals surface area contributed by atoms with Crippen molar-refractivity contribution in [3.05, 3.63) is 28.3 Å². The number of hydrogen-bond acceptors (Lipinski definition) is 5. The van der Waals surface area contributed by atoms with Crippen molar-refractivity contribution in [3.63, 3.8) is 0 Å². The molecule has 1 fully saturated rings. The van der Waals surface area contributed by atoms with Crippen molar-refractivity contribution >= 4 is 5.69 Å². The zero-order valence-corrected chi connectivity index (χ0v) is 10.9. The van der Waals surface area contributed by atoms with Crippen molar-refractivity contribution < 1.29 is 14.4 Å². The molecule has 0 unspecified atom stereocenters. The van der Waals surface area contributed by atoms with Crippen LogP contribution in [0.5, 0.6) is 11.5 Å². The third kappa shape index (κ3) is 2.96. The van der Waals surface area contributed by atoms with Crippen molar-refractivity contribution in [1.82, 2.24) is 0 Å². The van der Waals surface area contributed by atoms with Crippen LogP contribution in [0, 0.1) is 16.0 Å². The summed E-state index contributed by atoms with van der Waals surface area (Å²) in [4.78, 5) is 10.7. The van der Waals surface area contributed by atoms with Gasteiger partial charge in [-0.1, -0.05) is 6.07 Å². The Morgan fingerprint density at radius 1 is 1.42 bits per heavy atom. The minimum atomic E-state index is -0.459. The van der Waals surface area contributed by atoms with Crippen LogP contribution in [0.3, 0.4) is 0 Å². The topological polar surface area (TPSA) is 87.6 Å². The second kappa shape index (κ2) is 5.88. The maximum atomic E-state index is 11.2. The van der Waals surface area contributed by atoms with Gasteiger partial charge in [0.2, 0.25) is 11.5 Å². The molecule has 0 saturated heterocycles. The molecule has 1 aromatic carbocycles. The van der Waals surface area contributed by atoms with Gasteiger partial charge < -0.3 is 15.2 Å². The van der Waals surface area contributed by atoms with E-state index in [1.54, 1.807) is 25.1 Å². The molecule has 6 nitrogen and oxygen atoms in total. The van der Waals surface area contributed by atoms with Gasteiger partial charge in [0.25, 0.3) is 0 Å². The molecule has 19 heavy (non-hydrogen) atoms. The monoisotopic (exact) mass is 266 g/mol. The van der Waals surface area contributed by atoms with Crippen LogP contribution in [-0.2, 0) is 0 Å². The molecule has 0 aromatic heterocycles. The lowest BCUT2D eigenvalue weighted by atomic mass is 9.82. The first-order valence-electron chi connectivity index (χ1n) is 6.42. The predicted octanol–water partition coefficient (Wildman–Crippen LogP) is 2.11. The summed E-state index contributed by atoms with van der Waals surface area (Å²) >= 11 is 0. The fourth-order valence-electron chi connectivity index (χ4n) is 2.19. The summed E-state index contributed by atoms with van der Waals surface area (Å²) in [6, 6.07) is 4.89. The van der Waals surface area contributed by atoms with Gasteiger partial charge >= 0.3 is 5.69 Å². The average molecular weight is 266 g/mol. The molecule has 2 N–H and O–H groups in total. The largest absolute Gasteiger partial charge is 0.487 e. The van der Waals surface area contributed by atoms with E-state index in [2.05, 4.69) is 0 Å². The molecule has 1 aromatic rings. The SMILES string of the molecule is CCOc1cccc(OC2CC(CN)C2)c1[N+](=O)[O-]. The number of para-hydroxylation sites is 1. The molecule has 6 heteroatoms. The second-order valence-electron chi connectivity index (χ2n) is 4.61. The van der Waals surface area contributed by atoms with Crippen LogP contribution >= 0.6 is 0 Å². The molecular formula is C13H18N2O4. The fourth-order valence-corrected chi connectivity index (χ4v) is 2.19. The summed E-state index contributed by atoms with van der Waals surface area (Å²) in [6.07, 6.45) is 1.73. The standard InChI is InChI=1S/C13H18N2O4/c1-2-18-11-4-3-5-12(13(11)15(16)17)19-10-6-9(7-10)8-14/h3-5,9-10H,2,6-8,14H2,1H3. The predicted molar refractivity (Wildman–Crippen MR) is 70.5 cm³/mol. The van der Waals surface area contributed by atoms with Gasteiger partial charge in [-0.15, -0.1) is 0 Å². The van der Waals surface area contributed by atoms with Gasteiger partial charge in [0, 0.05) is 0 Å². The fraction of sp³-hybridized carbons (Fsp3) is 0.538.